The molecular formula is C12H10F4N4O. The van der Waals surface area contributed by atoms with Crippen molar-refractivity contribution in [2.45, 2.75) is 12.5 Å². The van der Waals surface area contributed by atoms with Gasteiger partial charge in [0.25, 0.3) is 0 Å². The Bertz CT molecular complexity index is 642. The van der Waals surface area contributed by atoms with E-state index >= 15 is 0 Å². The molecule has 0 saturated carbocycles. The van der Waals surface area contributed by atoms with E-state index in [1.165, 1.54) is 25.4 Å². The predicted octanol–water partition coefficient (Wildman–Crippen LogP) is 2.76. The minimum Gasteiger partial charge on any atom is -0.428 e. The highest BCUT2D eigenvalue weighted by molar-refractivity contribution is 5.86. The summed E-state index contributed by atoms with van der Waals surface area (Å²) in [7, 11) is 1.53. The van der Waals surface area contributed by atoms with E-state index in [9.17, 15) is 17.6 Å². The third-order valence-electron chi connectivity index (χ3n) is 2.44. The molecule has 0 atom stereocenters. The molecule has 1 N–H and O–H groups in total. The first kappa shape index (κ1) is 14.9. The molecule has 1 aromatic heterocycles. The van der Waals surface area contributed by atoms with Crippen molar-refractivity contribution in [3.8, 4) is 17.0 Å². The molecule has 2 aromatic rings. The second-order valence-electron chi connectivity index (χ2n) is 3.94. The summed E-state index contributed by atoms with van der Waals surface area (Å²) in [6, 6.07) is 5.25. The number of hydrogen-bond acceptors (Lipinski definition) is 4. The number of aromatic amines is 1. The lowest BCUT2D eigenvalue weighted by atomic mass is 10.1. The molecule has 5 nitrogen and oxygen atoms in total. The van der Waals surface area contributed by atoms with Crippen LogP contribution in [0.5, 0.6) is 5.75 Å². The zero-order chi connectivity index (χ0) is 15.5. The average molecular weight is 302 g/mol. The van der Waals surface area contributed by atoms with Crippen LogP contribution >= 0.6 is 0 Å². The lowest BCUT2D eigenvalue weighted by Crippen LogP contribution is -2.33. The van der Waals surface area contributed by atoms with Gasteiger partial charge in [0.1, 0.15) is 17.1 Å². The largest absolute Gasteiger partial charge is 0.461 e. The van der Waals surface area contributed by atoms with Crippen LogP contribution in [-0.4, -0.2) is 41.2 Å². The standard InChI is InChI=1S/C12H10F4N4O/c1-17-6-9-10(19-20-18-9)7-3-2-4-8(5-7)21-12(15,16)11(13)14/h2-6,11H,1H3,(H,18,19,20). The molecule has 0 aliphatic heterocycles. The molecule has 0 aliphatic rings. The van der Waals surface area contributed by atoms with Crippen molar-refractivity contribution < 1.29 is 22.3 Å². The normalized spacial score (nSPS) is 12.3. The third-order valence-corrected chi connectivity index (χ3v) is 2.44. The van der Waals surface area contributed by atoms with Crippen molar-refractivity contribution in [3.63, 3.8) is 0 Å². The Labute approximate surface area is 116 Å². The molecular weight excluding hydrogens is 292 g/mol. The number of benzene rings is 1. The van der Waals surface area contributed by atoms with Gasteiger partial charge in [-0.25, -0.2) is 0 Å². The number of rotatable bonds is 5. The first-order valence-corrected chi connectivity index (χ1v) is 5.72. The van der Waals surface area contributed by atoms with Gasteiger partial charge >= 0.3 is 12.5 Å². The number of halogens is 4. The van der Waals surface area contributed by atoms with E-state index in [0.717, 1.165) is 6.07 Å². The summed E-state index contributed by atoms with van der Waals surface area (Å²) < 4.78 is 54.0. The lowest BCUT2D eigenvalue weighted by Gasteiger charge is -2.17. The van der Waals surface area contributed by atoms with E-state index in [4.69, 9.17) is 0 Å². The molecule has 0 aliphatic carbocycles. The molecule has 1 aromatic carbocycles. The van der Waals surface area contributed by atoms with Gasteiger partial charge in [-0.15, -0.1) is 0 Å². The minimum absolute atomic E-state index is 0.339. The summed E-state index contributed by atoms with van der Waals surface area (Å²) in [6.45, 7) is 0. The molecule has 9 heteroatoms. The molecule has 0 bridgehead atoms. The van der Waals surface area contributed by atoms with E-state index < -0.39 is 18.3 Å². The maximum atomic E-state index is 12.9. The highest BCUT2D eigenvalue weighted by Gasteiger charge is 2.44. The summed E-state index contributed by atoms with van der Waals surface area (Å²) in [5, 5.41) is 10.0. The molecule has 0 unspecified atom stereocenters. The van der Waals surface area contributed by atoms with Gasteiger partial charge in [-0.1, -0.05) is 12.1 Å². The Kier molecular flexibility index (Phi) is 4.20. The van der Waals surface area contributed by atoms with Crippen molar-refractivity contribution in [2.75, 3.05) is 7.05 Å². The molecule has 0 saturated heterocycles. The first-order chi connectivity index (χ1) is 9.94. The number of nitrogens with zero attached hydrogens (tertiary/aromatic N) is 3. The van der Waals surface area contributed by atoms with Gasteiger partial charge in [-0.05, 0) is 12.1 Å². The van der Waals surface area contributed by atoms with E-state index in [-0.39, 0.29) is 0 Å². The average Bonchev–Trinajstić information content (AvgIpc) is 2.87. The predicted molar refractivity (Wildman–Crippen MR) is 66.9 cm³/mol. The van der Waals surface area contributed by atoms with Crippen LogP contribution in [0.2, 0.25) is 0 Å². The number of nitrogens with one attached hydrogen (secondary N) is 1. The van der Waals surface area contributed by atoms with Gasteiger partial charge in [-0.3, -0.25) is 4.99 Å². The summed E-state index contributed by atoms with van der Waals surface area (Å²) >= 11 is 0. The Hall–Kier alpha value is -2.45. The van der Waals surface area contributed by atoms with Crippen LogP contribution in [0.25, 0.3) is 11.3 Å². The van der Waals surface area contributed by atoms with E-state index in [1.807, 2.05) is 0 Å². The molecule has 1 heterocycles. The number of aromatic nitrogens is 3. The van der Waals surface area contributed by atoms with Gasteiger partial charge in [-0.2, -0.15) is 33.0 Å². The van der Waals surface area contributed by atoms with Gasteiger partial charge in [0.2, 0.25) is 0 Å². The summed E-state index contributed by atoms with van der Waals surface area (Å²) in [6.07, 6.45) is -7.06. The number of hydrogen-bond donors (Lipinski definition) is 1. The van der Waals surface area contributed by atoms with Gasteiger partial charge in [0.05, 0.1) is 6.21 Å². The number of ether oxygens (including phenoxy) is 1. The molecule has 0 amide bonds. The second kappa shape index (κ2) is 5.90. The summed E-state index contributed by atoms with van der Waals surface area (Å²) in [5.41, 5.74) is 1.10. The number of alkyl halides is 4. The Morgan fingerprint density at radius 2 is 2.10 bits per heavy atom. The summed E-state index contributed by atoms with van der Waals surface area (Å²) in [4.78, 5) is 3.77. The van der Waals surface area contributed by atoms with Crippen LogP contribution in [0.15, 0.2) is 29.3 Å². The third kappa shape index (κ3) is 3.36. The second-order valence-corrected chi connectivity index (χ2v) is 3.94. The number of H-pyrrole nitrogens is 1. The highest BCUT2D eigenvalue weighted by Crippen LogP contribution is 2.30. The van der Waals surface area contributed by atoms with Crippen molar-refractivity contribution in [1.29, 1.82) is 0 Å². The van der Waals surface area contributed by atoms with E-state index in [1.54, 1.807) is 6.07 Å². The zero-order valence-electron chi connectivity index (χ0n) is 10.7. The molecule has 21 heavy (non-hydrogen) atoms. The SMILES string of the molecule is CN=Cc1n[nH]nc1-c1cccc(OC(F)(F)C(F)F)c1. The molecule has 112 valence electrons. The van der Waals surface area contributed by atoms with Crippen LogP contribution in [0, 0.1) is 0 Å². The van der Waals surface area contributed by atoms with Crippen molar-refractivity contribution >= 4 is 6.21 Å². The maximum absolute atomic E-state index is 12.9. The molecule has 0 fully saturated rings. The van der Waals surface area contributed by atoms with Crippen LogP contribution in [0.4, 0.5) is 17.6 Å². The van der Waals surface area contributed by atoms with E-state index in [2.05, 4.69) is 25.1 Å². The smallest absolute Gasteiger partial charge is 0.428 e. The van der Waals surface area contributed by atoms with Crippen molar-refractivity contribution in [3.05, 3.63) is 30.0 Å². The fraction of sp³-hybridized carbons (Fsp3) is 0.250. The Balaban J connectivity index is 2.32. The van der Waals surface area contributed by atoms with Crippen molar-refractivity contribution in [1.82, 2.24) is 15.4 Å². The Morgan fingerprint density at radius 1 is 1.33 bits per heavy atom. The zero-order valence-corrected chi connectivity index (χ0v) is 10.7. The van der Waals surface area contributed by atoms with Crippen LogP contribution < -0.4 is 4.74 Å². The highest BCUT2D eigenvalue weighted by atomic mass is 19.3. The van der Waals surface area contributed by atoms with Gasteiger partial charge < -0.3 is 4.74 Å². The first-order valence-electron chi connectivity index (χ1n) is 5.72. The minimum atomic E-state index is -4.56. The van der Waals surface area contributed by atoms with Crippen LogP contribution in [0.1, 0.15) is 5.69 Å². The molecule has 2 rings (SSSR count). The quantitative estimate of drug-likeness (QED) is 0.682. The fourth-order valence-electron chi connectivity index (χ4n) is 1.57. The van der Waals surface area contributed by atoms with Crippen LogP contribution in [-0.2, 0) is 0 Å². The monoisotopic (exact) mass is 302 g/mol. The van der Waals surface area contributed by atoms with Crippen molar-refractivity contribution in [2.24, 2.45) is 4.99 Å². The summed E-state index contributed by atoms with van der Waals surface area (Å²) in [5.74, 6) is -0.403. The van der Waals surface area contributed by atoms with Gasteiger partial charge in [0.15, 0.2) is 0 Å². The Morgan fingerprint density at radius 3 is 2.76 bits per heavy atom. The topological polar surface area (TPSA) is 63.2 Å². The molecule has 0 radical (unpaired) electrons. The number of aliphatic imine (C=N–C) groups is 1. The van der Waals surface area contributed by atoms with E-state index in [0.29, 0.717) is 17.0 Å². The van der Waals surface area contributed by atoms with Crippen LogP contribution in [0.3, 0.4) is 0 Å². The maximum Gasteiger partial charge on any atom is 0.461 e. The lowest BCUT2D eigenvalue weighted by molar-refractivity contribution is -0.253. The van der Waals surface area contributed by atoms with Gasteiger partial charge in [0, 0.05) is 12.6 Å². The fourth-order valence-corrected chi connectivity index (χ4v) is 1.57. The molecule has 0 spiro atoms.